The van der Waals surface area contributed by atoms with Crippen molar-refractivity contribution in [1.29, 1.82) is 0 Å². The first-order valence-corrected chi connectivity index (χ1v) is 5.70. The molecule has 0 amide bonds. The first-order valence-electron chi connectivity index (χ1n) is 5.70. The molecule has 3 aromatic rings. The molecule has 0 aliphatic heterocycles. The third-order valence-corrected chi connectivity index (χ3v) is 3.04. The summed E-state index contributed by atoms with van der Waals surface area (Å²) in [6.07, 6.45) is 0. The van der Waals surface area contributed by atoms with E-state index in [0.717, 1.165) is 0 Å². The van der Waals surface area contributed by atoms with Crippen molar-refractivity contribution in [2.24, 2.45) is 0 Å². The minimum absolute atomic E-state index is 0.200. The third-order valence-electron chi connectivity index (χ3n) is 3.04. The van der Waals surface area contributed by atoms with Crippen LogP contribution in [0, 0.1) is 12.7 Å². The van der Waals surface area contributed by atoms with Crippen LogP contribution in [-0.4, -0.2) is 14.5 Å². The normalized spacial score (nSPS) is 11.1. The molecule has 5 nitrogen and oxygen atoms in total. The van der Waals surface area contributed by atoms with Crippen LogP contribution in [0.4, 0.5) is 10.3 Å². The summed E-state index contributed by atoms with van der Waals surface area (Å²) in [6, 6.07) is 7.63. The Morgan fingerprint density at radius 1 is 1.32 bits per heavy atom. The van der Waals surface area contributed by atoms with Gasteiger partial charge in [-0.3, -0.25) is 9.36 Å². The van der Waals surface area contributed by atoms with Crippen molar-refractivity contribution in [2.45, 2.75) is 6.92 Å². The molecule has 2 heterocycles. The van der Waals surface area contributed by atoms with Crippen LogP contribution in [0.1, 0.15) is 5.56 Å². The van der Waals surface area contributed by atoms with Crippen LogP contribution in [0.2, 0.25) is 0 Å². The zero-order chi connectivity index (χ0) is 13.6. The summed E-state index contributed by atoms with van der Waals surface area (Å²) >= 11 is 0. The Hall–Kier alpha value is -2.63. The van der Waals surface area contributed by atoms with Crippen molar-refractivity contribution in [1.82, 2.24) is 14.5 Å². The largest absolute Gasteiger partial charge is 0.369 e. The molecule has 0 unspecified atom stereocenters. The van der Waals surface area contributed by atoms with E-state index < -0.39 is 0 Å². The van der Waals surface area contributed by atoms with Gasteiger partial charge in [0.1, 0.15) is 17.0 Å². The molecule has 0 aliphatic rings. The van der Waals surface area contributed by atoms with Crippen molar-refractivity contribution in [3.05, 3.63) is 52.1 Å². The Bertz CT molecular complexity index is 834. The highest BCUT2D eigenvalue weighted by atomic mass is 19.1. The lowest BCUT2D eigenvalue weighted by Crippen LogP contribution is -2.08. The van der Waals surface area contributed by atoms with E-state index in [9.17, 15) is 9.18 Å². The molecule has 0 spiro atoms. The molecule has 3 N–H and O–H groups in total. The Morgan fingerprint density at radius 3 is 2.89 bits per heavy atom. The minimum Gasteiger partial charge on any atom is -0.369 e. The lowest BCUT2D eigenvalue weighted by atomic mass is 10.2. The topological polar surface area (TPSA) is 76.7 Å². The molecule has 0 atom stereocenters. The highest BCUT2D eigenvalue weighted by molar-refractivity contribution is 5.77. The van der Waals surface area contributed by atoms with Gasteiger partial charge in [0, 0.05) is 11.6 Å². The number of imidazole rings is 1. The molecular weight excluding hydrogens is 247 g/mol. The number of rotatable bonds is 1. The van der Waals surface area contributed by atoms with E-state index in [2.05, 4.69) is 9.97 Å². The molecule has 96 valence electrons. The Kier molecular flexibility index (Phi) is 2.38. The fourth-order valence-corrected chi connectivity index (χ4v) is 2.09. The summed E-state index contributed by atoms with van der Waals surface area (Å²) < 4.78 is 15.2. The fraction of sp³-hybridized carbons (Fsp3) is 0.0769. The van der Waals surface area contributed by atoms with Gasteiger partial charge in [0.05, 0.1) is 5.69 Å². The number of anilines is 1. The highest BCUT2D eigenvalue weighted by Crippen LogP contribution is 2.24. The second kappa shape index (κ2) is 3.94. The number of aromatic nitrogens is 3. The molecule has 6 heteroatoms. The van der Waals surface area contributed by atoms with E-state index in [0.29, 0.717) is 22.4 Å². The molecule has 0 fully saturated rings. The van der Waals surface area contributed by atoms with Crippen LogP contribution >= 0.6 is 0 Å². The number of nitrogens with one attached hydrogen (secondary N) is 1. The number of halogens is 1. The van der Waals surface area contributed by atoms with E-state index in [1.54, 1.807) is 25.1 Å². The van der Waals surface area contributed by atoms with Crippen LogP contribution in [0.5, 0.6) is 0 Å². The predicted octanol–water partition coefficient (Wildman–Crippen LogP) is 1.74. The molecular formula is C13H11FN4O. The van der Waals surface area contributed by atoms with E-state index in [1.807, 2.05) is 0 Å². The van der Waals surface area contributed by atoms with Crippen LogP contribution in [0.15, 0.2) is 35.1 Å². The third kappa shape index (κ3) is 1.69. The number of nitrogens with zero attached hydrogens (tertiary/aromatic N) is 2. The number of nitrogen functional groups attached to an aromatic ring is 1. The van der Waals surface area contributed by atoms with Gasteiger partial charge in [-0.1, -0.05) is 6.07 Å². The zero-order valence-corrected chi connectivity index (χ0v) is 10.1. The second-order valence-corrected chi connectivity index (χ2v) is 4.25. The monoisotopic (exact) mass is 258 g/mol. The van der Waals surface area contributed by atoms with Gasteiger partial charge >= 0.3 is 0 Å². The maximum Gasteiger partial charge on any atom is 0.249 e. The van der Waals surface area contributed by atoms with Gasteiger partial charge in [-0.2, -0.15) is 0 Å². The molecule has 3 rings (SSSR count). The number of fused-ring (bicyclic) bond motifs is 1. The van der Waals surface area contributed by atoms with Crippen LogP contribution in [0.3, 0.4) is 0 Å². The fourth-order valence-electron chi connectivity index (χ4n) is 2.09. The quantitative estimate of drug-likeness (QED) is 0.698. The van der Waals surface area contributed by atoms with Gasteiger partial charge in [0.25, 0.3) is 0 Å². The highest BCUT2D eigenvalue weighted by Gasteiger charge is 2.14. The molecule has 19 heavy (non-hydrogen) atoms. The molecule has 0 saturated heterocycles. The summed E-state index contributed by atoms with van der Waals surface area (Å²) in [5.74, 6) is -0.137. The number of H-pyrrole nitrogens is 1. The van der Waals surface area contributed by atoms with Crippen molar-refractivity contribution in [3.63, 3.8) is 0 Å². The number of hydrogen-bond donors (Lipinski definition) is 2. The molecule has 0 saturated carbocycles. The zero-order valence-electron chi connectivity index (χ0n) is 10.1. The van der Waals surface area contributed by atoms with E-state index in [1.165, 1.54) is 16.7 Å². The number of nitrogens with two attached hydrogens (primary N) is 1. The molecule has 0 radical (unpaired) electrons. The summed E-state index contributed by atoms with van der Waals surface area (Å²) in [5.41, 5.74) is 7.61. The summed E-state index contributed by atoms with van der Waals surface area (Å²) in [6.45, 7) is 1.65. The molecule has 0 bridgehead atoms. The number of benzene rings is 1. The van der Waals surface area contributed by atoms with Gasteiger partial charge in [0.15, 0.2) is 0 Å². The van der Waals surface area contributed by atoms with Crippen molar-refractivity contribution in [2.75, 3.05) is 5.73 Å². The average Bonchev–Trinajstić information content (AvgIpc) is 2.69. The van der Waals surface area contributed by atoms with Gasteiger partial charge in [-0.15, -0.1) is 0 Å². The summed E-state index contributed by atoms with van der Waals surface area (Å²) in [7, 11) is 0. The van der Waals surface area contributed by atoms with Gasteiger partial charge < -0.3 is 10.7 Å². The second-order valence-electron chi connectivity index (χ2n) is 4.25. The maximum absolute atomic E-state index is 13.6. The van der Waals surface area contributed by atoms with Crippen molar-refractivity contribution >= 4 is 17.1 Å². The molecule has 0 aliphatic carbocycles. The lowest BCUT2D eigenvalue weighted by molar-refractivity contribution is 0.617. The Morgan fingerprint density at radius 2 is 2.11 bits per heavy atom. The van der Waals surface area contributed by atoms with E-state index >= 15 is 0 Å². The van der Waals surface area contributed by atoms with Crippen molar-refractivity contribution < 1.29 is 4.39 Å². The van der Waals surface area contributed by atoms with Crippen LogP contribution < -0.4 is 11.3 Å². The predicted molar refractivity (Wildman–Crippen MR) is 70.8 cm³/mol. The number of pyridine rings is 1. The van der Waals surface area contributed by atoms with Crippen molar-refractivity contribution in [3.8, 4) is 5.69 Å². The standard InChI is InChI=1S/C13H11FN4O/c1-7-8(14)3-2-4-10(7)18-12-9(16-13(18)15)5-6-11(19)17-12/h2-6H,1H3,(H2,15,16)(H,17,19). The van der Waals surface area contributed by atoms with Crippen LogP contribution in [0.25, 0.3) is 16.9 Å². The SMILES string of the molecule is Cc1c(F)cccc1-n1c(N)nc2ccc(=O)[nH]c21. The lowest BCUT2D eigenvalue weighted by Gasteiger charge is -2.09. The minimum atomic E-state index is -0.336. The first kappa shape index (κ1) is 11.5. The van der Waals surface area contributed by atoms with E-state index in [4.69, 9.17) is 5.73 Å². The Balaban J connectivity index is 2.42. The first-order chi connectivity index (χ1) is 9.08. The smallest absolute Gasteiger partial charge is 0.249 e. The maximum atomic E-state index is 13.6. The number of hydrogen-bond acceptors (Lipinski definition) is 3. The van der Waals surface area contributed by atoms with Gasteiger partial charge in [-0.25, -0.2) is 9.37 Å². The molecule has 1 aromatic carbocycles. The van der Waals surface area contributed by atoms with Gasteiger partial charge in [0.2, 0.25) is 11.5 Å². The Labute approximate surface area is 107 Å². The average molecular weight is 258 g/mol. The molecule has 2 aromatic heterocycles. The summed E-state index contributed by atoms with van der Waals surface area (Å²) in [5, 5.41) is 0. The summed E-state index contributed by atoms with van der Waals surface area (Å²) in [4.78, 5) is 18.2. The van der Waals surface area contributed by atoms with E-state index in [-0.39, 0.29) is 17.3 Å². The van der Waals surface area contributed by atoms with Gasteiger partial charge in [-0.05, 0) is 25.1 Å². The van der Waals surface area contributed by atoms with Crippen LogP contribution in [-0.2, 0) is 0 Å². The number of aromatic amines is 1.